The number of hydroxylamine groups is 2. The van der Waals surface area contributed by atoms with Crippen molar-refractivity contribution in [3.05, 3.63) is 35.6 Å². The molecule has 0 spiro atoms. The van der Waals surface area contributed by atoms with Crippen LogP contribution in [0.3, 0.4) is 0 Å². The second-order valence-corrected chi connectivity index (χ2v) is 5.44. The number of nitrogens with one attached hydrogen (secondary N) is 2. The van der Waals surface area contributed by atoms with Gasteiger partial charge in [-0.15, -0.1) is 0 Å². The second kappa shape index (κ2) is 7.61. The van der Waals surface area contributed by atoms with Crippen LogP contribution in [0.4, 0.5) is 4.39 Å². The average Bonchev–Trinajstić information content (AvgIpc) is 2.37. The molecule has 0 aliphatic carbocycles. The zero-order valence-corrected chi connectivity index (χ0v) is 11.4. The molecule has 0 radical (unpaired) electrons. The maximum absolute atomic E-state index is 13.5. The van der Waals surface area contributed by atoms with Crippen LogP contribution < -0.4 is 11.0 Å². The van der Waals surface area contributed by atoms with Crippen molar-refractivity contribution in [2.24, 2.45) is 0 Å². The van der Waals surface area contributed by atoms with E-state index >= 15 is 0 Å². The van der Waals surface area contributed by atoms with E-state index in [1.807, 2.05) is 0 Å². The summed E-state index contributed by atoms with van der Waals surface area (Å²) >= 11 is 0. The van der Waals surface area contributed by atoms with Crippen LogP contribution >= 0.6 is 7.60 Å². The van der Waals surface area contributed by atoms with Crippen LogP contribution in [-0.4, -0.2) is 13.1 Å². The zero-order chi connectivity index (χ0) is 13.4. The monoisotopic (exact) mass is 276 g/mol. The number of hydrogen-bond acceptors (Lipinski definition) is 5. The number of hydrogen-bond donors (Lipinski definition) is 2. The van der Waals surface area contributed by atoms with Crippen molar-refractivity contribution in [3.8, 4) is 0 Å². The fourth-order valence-corrected chi connectivity index (χ4v) is 2.74. The lowest BCUT2D eigenvalue weighted by Crippen LogP contribution is -2.19. The summed E-state index contributed by atoms with van der Waals surface area (Å²) in [6.45, 7) is 4.52. The number of halogens is 1. The lowest BCUT2D eigenvalue weighted by atomic mass is 10.2. The molecular weight excluding hydrogens is 258 g/mol. The van der Waals surface area contributed by atoms with Crippen molar-refractivity contribution in [2.75, 3.05) is 13.1 Å². The third-order valence-electron chi connectivity index (χ3n) is 2.02. The summed E-state index contributed by atoms with van der Waals surface area (Å²) in [6.07, 6.45) is -0.139. The van der Waals surface area contributed by atoms with Crippen LogP contribution in [0.25, 0.3) is 0 Å². The van der Waals surface area contributed by atoms with Gasteiger partial charge in [-0.3, -0.25) is 4.57 Å². The Morgan fingerprint density at radius 2 is 1.72 bits per heavy atom. The van der Waals surface area contributed by atoms with Gasteiger partial charge in [0.1, 0.15) is 5.82 Å². The molecule has 1 rings (SSSR count). The van der Waals surface area contributed by atoms with Gasteiger partial charge in [0.05, 0.1) is 6.16 Å². The Morgan fingerprint density at radius 3 is 2.22 bits per heavy atom. The standard InChI is InChI=1S/C11H18FN2O3P/c1-3-13-16-18(15,17-14-4-2)9-10-7-5-6-8-11(10)12/h5-8,13-14H,3-4,9H2,1-2H3. The van der Waals surface area contributed by atoms with Crippen LogP contribution in [0.15, 0.2) is 24.3 Å². The predicted octanol–water partition coefficient (Wildman–Crippen LogP) is 2.60. The smallest absolute Gasteiger partial charge is 0.257 e. The van der Waals surface area contributed by atoms with Crippen LogP contribution in [0.5, 0.6) is 0 Å². The third kappa shape index (κ3) is 4.84. The Kier molecular flexibility index (Phi) is 6.46. The molecule has 0 fully saturated rings. The minimum atomic E-state index is -3.46. The van der Waals surface area contributed by atoms with E-state index in [4.69, 9.17) is 9.25 Å². The van der Waals surface area contributed by atoms with Crippen molar-refractivity contribution in [3.63, 3.8) is 0 Å². The van der Waals surface area contributed by atoms with Crippen molar-refractivity contribution in [1.29, 1.82) is 0 Å². The highest BCUT2D eigenvalue weighted by Crippen LogP contribution is 2.49. The van der Waals surface area contributed by atoms with E-state index in [2.05, 4.69) is 11.0 Å². The van der Waals surface area contributed by atoms with E-state index in [9.17, 15) is 8.96 Å². The first-order chi connectivity index (χ1) is 8.61. The topological polar surface area (TPSA) is 59.6 Å². The Labute approximate surface area is 106 Å². The summed E-state index contributed by atoms with van der Waals surface area (Å²) in [7, 11) is -3.46. The third-order valence-corrected chi connectivity index (χ3v) is 3.56. The second-order valence-electron chi connectivity index (χ2n) is 3.54. The van der Waals surface area contributed by atoms with Gasteiger partial charge in [0.15, 0.2) is 0 Å². The summed E-state index contributed by atoms with van der Waals surface area (Å²) in [6, 6.07) is 6.09. The van der Waals surface area contributed by atoms with Crippen LogP contribution in [0.2, 0.25) is 0 Å². The summed E-state index contributed by atoms with van der Waals surface area (Å²) in [5.41, 5.74) is 5.26. The molecule has 1 aromatic carbocycles. The maximum atomic E-state index is 13.5. The molecule has 0 amide bonds. The van der Waals surface area contributed by atoms with Crippen LogP contribution in [0.1, 0.15) is 19.4 Å². The van der Waals surface area contributed by atoms with E-state index < -0.39 is 13.4 Å². The maximum Gasteiger partial charge on any atom is 0.367 e. The first-order valence-corrected chi connectivity index (χ1v) is 7.49. The summed E-state index contributed by atoms with van der Waals surface area (Å²) in [4.78, 5) is 0. The molecule has 7 heteroatoms. The Morgan fingerprint density at radius 1 is 1.17 bits per heavy atom. The molecule has 0 heterocycles. The van der Waals surface area contributed by atoms with E-state index in [1.54, 1.807) is 32.0 Å². The highest BCUT2D eigenvalue weighted by Gasteiger charge is 2.27. The first kappa shape index (κ1) is 15.3. The largest absolute Gasteiger partial charge is 0.367 e. The first-order valence-electron chi connectivity index (χ1n) is 5.76. The number of rotatable bonds is 8. The van der Waals surface area contributed by atoms with E-state index in [0.29, 0.717) is 13.1 Å². The van der Waals surface area contributed by atoms with Gasteiger partial charge in [0, 0.05) is 13.1 Å². The lowest BCUT2D eigenvalue weighted by Gasteiger charge is -2.17. The van der Waals surface area contributed by atoms with E-state index in [0.717, 1.165) is 0 Å². The highest BCUT2D eigenvalue weighted by atomic mass is 31.2. The van der Waals surface area contributed by atoms with Gasteiger partial charge < -0.3 is 0 Å². The van der Waals surface area contributed by atoms with Crippen molar-refractivity contribution in [1.82, 2.24) is 11.0 Å². The summed E-state index contributed by atoms with van der Waals surface area (Å²) in [5, 5.41) is 0. The Balaban J connectivity index is 2.77. The highest BCUT2D eigenvalue weighted by molar-refractivity contribution is 7.52. The molecule has 0 aromatic heterocycles. The molecule has 0 atom stereocenters. The van der Waals surface area contributed by atoms with E-state index in [1.165, 1.54) is 6.07 Å². The van der Waals surface area contributed by atoms with Gasteiger partial charge in [0.2, 0.25) is 0 Å². The predicted molar refractivity (Wildman–Crippen MR) is 67.2 cm³/mol. The summed E-state index contributed by atoms with van der Waals surface area (Å²) in [5.74, 6) is -0.432. The Bertz CT molecular complexity index is 405. The minimum Gasteiger partial charge on any atom is -0.257 e. The van der Waals surface area contributed by atoms with Gasteiger partial charge >= 0.3 is 7.60 Å². The molecule has 0 unspecified atom stereocenters. The fraction of sp³-hybridized carbons (Fsp3) is 0.455. The van der Waals surface area contributed by atoms with Gasteiger partial charge in [-0.25, -0.2) is 13.6 Å². The van der Waals surface area contributed by atoms with Gasteiger partial charge in [-0.1, -0.05) is 32.0 Å². The van der Waals surface area contributed by atoms with Gasteiger partial charge in [-0.05, 0) is 11.6 Å². The molecule has 18 heavy (non-hydrogen) atoms. The zero-order valence-electron chi connectivity index (χ0n) is 10.5. The molecule has 5 nitrogen and oxygen atoms in total. The SMILES string of the molecule is CCNOP(=O)(Cc1ccccc1F)ONCC. The molecule has 0 saturated carbocycles. The lowest BCUT2D eigenvalue weighted by molar-refractivity contribution is 0.104. The molecule has 0 saturated heterocycles. The number of benzene rings is 1. The quantitative estimate of drug-likeness (QED) is 0.564. The summed E-state index contributed by atoms with van der Waals surface area (Å²) < 4.78 is 35.8. The van der Waals surface area contributed by atoms with Gasteiger partial charge in [-0.2, -0.15) is 11.0 Å². The fourth-order valence-electron chi connectivity index (χ4n) is 1.24. The molecule has 0 aliphatic heterocycles. The molecular formula is C11H18FN2O3P. The van der Waals surface area contributed by atoms with Crippen LogP contribution in [0, 0.1) is 5.82 Å². The molecule has 2 N–H and O–H groups in total. The minimum absolute atomic E-state index is 0.139. The molecule has 0 aliphatic rings. The molecule has 1 aromatic rings. The van der Waals surface area contributed by atoms with E-state index in [-0.39, 0.29) is 11.7 Å². The van der Waals surface area contributed by atoms with Crippen LogP contribution in [-0.2, 0) is 20.0 Å². The van der Waals surface area contributed by atoms with Gasteiger partial charge in [0.25, 0.3) is 0 Å². The molecule has 0 bridgehead atoms. The normalized spacial score (nSPS) is 11.7. The molecule has 102 valence electrons. The average molecular weight is 276 g/mol. The van der Waals surface area contributed by atoms with Crippen molar-refractivity contribution < 1.29 is 18.2 Å². The van der Waals surface area contributed by atoms with Crippen molar-refractivity contribution >= 4 is 7.60 Å². The van der Waals surface area contributed by atoms with Crippen molar-refractivity contribution in [2.45, 2.75) is 20.0 Å². The Hall–Kier alpha value is -0.780.